The molecule has 2 aromatic rings. The first kappa shape index (κ1) is 7.73. The van der Waals surface area contributed by atoms with Crippen molar-refractivity contribution in [1.29, 1.82) is 0 Å². The highest BCUT2D eigenvalue weighted by Crippen LogP contribution is 2.07. The summed E-state index contributed by atoms with van der Waals surface area (Å²) >= 11 is 0. The first-order valence-corrected chi connectivity index (χ1v) is 3.99. The minimum atomic E-state index is 0.756. The van der Waals surface area contributed by atoms with Crippen molar-refractivity contribution in [3.63, 3.8) is 0 Å². The van der Waals surface area contributed by atoms with Gasteiger partial charge in [0.15, 0.2) is 5.82 Å². The summed E-state index contributed by atoms with van der Waals surface area (Å²) in [5.41, 5.74) is 0.995. The fraction of sp³-hybridized carbons (Fsp3) is 0. The van der Waals surface area contributed by atoms with E-state index in [-0.39, 0.29) is 0 Å². The van der Waals surface area contributed by atoms with E-state index in [9.17, 15) is 0 Å². The number of benzene rings is 1. The van der Waals surface area contributed by atoms with Gasteiger partial charge in [-0.15, -0.1) is 0 Å². The van der Waals surface area contributed by atoms with Crippen molar-refractivity contribution in [3.8, 4) is 5.69 Å². The zero-order valence-electron chi connectivity index (χ0n) is 7.09. The summed E-state index contributed by atoms with van der Waals surface area (Å²) in [6, 6.07) is 9.84. The Bertz CT molecular complexity index is 403. The van der Waals surface area contributed by atoms with Crippen LogP contribution < -0.4 is 0 Å². The Morgan fingerprint density at radius 2 is 2.00 bits per heavy atom. The third-order valence-electron chi connectivity index (χ3n) is 1.76. The molecule has 0 aliphatic rings. The zero-order chi connectivity index (χ0) is 9.10. The van der Waals surface area contributed by atoms with Gasteiger partial charge < -0.3 is 0 Å². The lowest BCUT2D eigenvalue weighted by Gasteiger charge is -2.00. The standard InChI is InChI=1S/C10H9N3/c1-2-10-11-8-12-13(10)9-6-4-3-5-7-9/h2-8H,1H2. The van der Waals surface area contributed by atoms with Gasteiger partial charge in [0.2, 0.25) is 0 Å². The molecule has 0 atom stereocenters. The van der Waals surface area contributed by atoms with E-state index in [1.165, 1.54) is 6.33 Å². The van der Waals surface area contributed by atoms with Gasteiger partial charge in [-0.05, 0) is 18.2 Å². The predicted octanol–water partition coefficient (Wildman–Crippen LogP) is 1.91. The smallest absolute Gasteiger partial charge is 0.155 e. The van der Waals surface area contributed by atoms with E-state index >= 15 is 0 Å². The number of aromatic nitrogens is 3. The van der Waals surface area contributed by atoms with E-state index < -0.39 is 0 Å². The third-order valence-corrected chi connectivity index (χ3v) is 1.76. The summed E-state index contributed by atoms with van der Waals surface area (Å²) in [5, 5.41) is 4.09. The number of para-hydroxylation sites is 1. The zero-order valence-corrected chi connectivity index (χ0v) is 7.09. The van der Waals surface area contributed by atoms with Gasteiger partial charge >= 0.3 is 0 Å². The van der Waals surface area contributed by atoms with Crippen LogP contribution in [0.4, 0.5) is 0 Å². The fourth-order valence-electron chi connectivity index (χ4n) is 1.16. The lowest BCUT2D eigenvalue weighted by Crippen LogP contribution is -1.98. The molecule has 1 aromatic heterocycles. The fourth-order valence-corrected chi connectivity index (χ4v) is 1.16. The number of nitrogens with zero attached hydrogens (tertiary/aromatic N) is 3. The van der Waals surface area contributed by atoms with Crippen LogP contribution in [-0.4, -0.2) is 14.8 Å². The summed E-state index contributed by atoms with van der Waals surface area (Å²) in [6.07, 6.45) is 3.20. The van der Waals surface area contributed by atoms with Gasteiger partial charge in [0.05, 0.1) is 5.69 Å². The summed E-state index contributed by atoms with van der Waals surface area (Å²) in [5.74, 6) is 0.756. The molecule has 3 nitrogen and oxygen atoms in total. The first-order chi connectivity index (χ1) is 6.42. The van der Waals surface area contributed by atoms with E-state index in [0.29, 0.717) is 0 Å². The molecule has 0 saturated carbocycles. The minimum Gasteiger partial charge on any atom is -0.215 e. The second-order valence-corrected chi connectivity index (χ2v) is 2.57. The lowest BCUT2D eigenvalue weighted by atomic mass is 10.3. The highest BCUT2D eigenvalue weighted by molar-refractivity contribution is 5.42. The van der Waals surface area contributed by atoms with Crippen LogP contribution in [0.5, 0.6) is 0 Å². The van der Waals surface area contributed by atoms with Gasteiger partial charge in [-0.25, -0.2) is 9.67 Å². The third kappa shape index (κ3) is 1.36. The van der Waals surface area contributed by atoms with Crippen LogP contribution >= 0.6 is 0 Å². The molecule has 0 spiro atoms. The van der Waals surface area contributed by atoms with Crippen molar-refractivity contribution in [2.75, 3.05) is 0 Å². The van der Waals surface area contributed by atoms with Crippen LogP contribution in [0.2, 0.25) is 0 Å². The number of rotatable bonds is 2. The molecule has 0 unspecified atom stereocenters. The van der Waals surface area contributed by atoms with Crippen molar-refractivity contribution in [2.24, 2.45) is 0 Å². The lowest BCUT2D eigenvalue weighted by molar-refractivity contribution is 0.868. The highest BCUT2D eigenvalue weighted by atomic mass is 15.3. The second kappa shape index (κ2) is 3.23. The maximum absolute atomic E-state index is 4.09. The van der Waals surface area contributed by atoms with Crippen LogP contribution in [0.1, 0.15) is 5.82 Å². The summed E-state index contributed by atoms with van der Waals surface area (Å²) in [6.45, 7) is 3.67. The van der Waals surface area contributed by atoms with E-state index in [1.54, 1.807) is 10.8 Å². The molecule has 64 valence electrons. The monoisotopic (exact) mass is 171 g/mol. The van der Waals surface area contributed by atoms with Crippen molar-refractivity contribution in [2.45, 2.75) is 0 Å². The first-order valence-electron chi connectivity index (χ1n) is 3.99. The van der Waals surface area contributed by atoms with E-state index in [1.807, 2.05) is 30.3 Å². The molecule has 0 fully saturated rings. The molecule has 0 amide bonds. The van der Waals surface area contributed by atoms with E-state index in [2.05, 4.69) is 16.7 Å². The molecule has 0 aliphatic heterocycles. The van der Waals surface area contributed by atoms with Crippen LogP contribution in [0, 0.1) is 0 Å². The molecule has 1 aromatic carbocycles. The van der Waals surface area contributed by atoms with Crippen LogP contribution in [0.3, 0.4) is 0 Å². The average Bonchev–Trinajstić information content (AvgIpc) is 2.67. The SMILES string of the molecule is C=Cc1ncnn1-c1ccccc1. The molecule has 3 heteroatoms. The minimum absolute atomic E-state index is 0.756. The Balaban J connectivity index is 2.52. The normalized spacial score (nSPS) is 9.85. The van der Waals surface area contributed by atoms with Gasteiger partial charge in [0.25, 0.3) is 0 Å². The highest BCUT2D eigenvalue weighted by Gasteiger charge is 2.00. The Kier molecular flexibility index (Phi) is 1.92. The Morgan fingerprint density at radius 3 is 2.69 bits per heavy atom. The summed E-state index contributed by atoms with van der Waals surface area (Å²) in [7, 11) is 0. The topological polar surface area (TPSA) is 30.7 Å². The van der Waals surface area contributed by atoms with Gasteiger partial charge in [-0.2, -0.15) is 5.10 Å². The molecule has 0 saturated heterocycles. The Morgan fingerprint density at radius 1 is 1.23 bits per heavy atom. The van der Waals surface area contributed by atoms with Gasteiger partial charge in [0.1, 0.15) is 6.33 Å². The molecule has 0 bridgehead atoms. The second-order valence-electron chi connectivity index (χ2n) is 2.57. The largest absolute Gasteiger partial charge is 0.215 e. The molecule has 0 aliphatic carbocycles. The van der Waals surface area contributed by atoms with Crippen LogP contribution in [0.15, 0.2) is 43.2 Å². The van der Waals surface area contributed by atoms with Gasteiger partial charge in [0, 0.05) is 0 Å². The summed E-state index contributed by atoms with van der Waals surface area (Å²) < 4.78 is 1.74. The molecule has 13 heavy (non-hydrogen) atoms. The number of hydrogen-bond acceptors (Lipinski definition) is 2. The van der Waals surface area contributed by atoms with Gasteiger partial charge in [-0.3, -0.25) is 0 Å². The van der Waals surface area contributed by atoms with Crippen molar-refractivity contribution < 1.29 is 0 Å². The van der Waals surface area contributed by atoms with E-state index in [4.69, 9.17) is 0 Å². The number of hydrogen-bond donors (Lipinski definition) is 0. The van der Waals surface area contributed by atoms with E-state index in [0.717, 1.165) is 11.5 Å². The molecular formula is C10H9N3. The molecular weight excluding hydrogens is 162 g/mol. The van der Waals surface area contributed by atoms with Crippen LogP contribution in [-0.2, 0) is 0 Å². The molecule has 1 heterocycles. The Hall–Kier alpha value is -1.90. The van der Waals surface area contributed by atoms with Gasteiger partial charge in [-0.1, -0.05) is 24.8 Å². The Labute approximate surface area is 76.4 Å². The maximum atomic E-state index is 4.09. The maximum Gasteiger partial charge on any atom is 0.155 e. The molecule has 0 radical (unpaired) electrons. The van der Waals surface area contributed by atoms with Crippen molar-refractivity contribution >= 4 is 6.08 Å². The molecule has 2 rings (SSSR count). The predicted molar refractivity (Wildman–Crippen MR) is 51.5 cm³/mol. The van der Waals surface area contributed by atoms with Crippen molar-refractivity contribution in [1.82, 2.24) is 14.8 Å². The van der Waals surface area contributed by atoms with Crippen LogP contribution in [0.25, 0.3) is 11.8 Å². The average molecular weight is 171 g/mol. The van der Waals surface area contributed by atoms with Crippen molar-refractivity contribution in [3.05, 3.63) is 49.1 Å². The summed E-state index contributed by atoms with van der Waals surface area (Å²) in [4.78, 5) is 4.04. The molecule has 0 N–H and O–H groups in total. The quantitative estimate of drug-likeness (QED) is 0.691.